The van der Waals surface area contributed by atoms with Crippen molar-refractivity contribution < 1.29 is 9.32 Å². The van der Waals surface area contributed by atoms with Crippen LogP contribution in [-0.4, -0.2) is 36.2 Å². The first-order chi connectivity index (χ1) is 12.6. The lowest BCUT2D eigenvalue weighted by atomic mass is 10.2. The van der Waals surface area contributed by atoms with Gasteiger partial charge in [-0.1, -0.05) is 17.7 Å². The Morgan fingerprint density at radius 2 is 2.12 bits per heavy atom. The topological polar surface area (TPSA) is 32.9 Å². The van der Waals surface area contributed by atoms with Crippen molar-refractivity contribution in [1.82, 2.24) is 4.90 Å². The van der Waals surface area contributed by atoms with Gasteiger partial charge in [-0.15, -0.1) is 0 Å². The second kappa shape index (κ2) is 9.40. The third-order valence-corrected chi connectivity index (χ3v) is 5.67. The molecule has 1 fully saturated rings. The summed E-state index contributed by atoms with van der Waals surface area (Å²) in [6.07, 6.45) is 5.55. The van der Waals surface area contributed by atoms with Crippen molar-refractivity contribution in [3.05, 3.63) is 52.9 Å². The van der Waals surface area contributed by atoms with E-state index in [1.54, 1.807) is 11.2 Å². The molecule has 140 valence electrons. The number of hydrogen-bond donors (Lipinski definition) is 2. The van der Waals surface area contributed by atoms with Crippen LogP contribution in [0.5, 0.6) is 0 Å². The van der Waals surface area contributed by atoms with Crippen LogP contribution in [0.4, 0.5) is 5.69 Å². The summed E-state index contributed by atoms with van der Waals surface area (Å²) in [4.78, 5) is 3.89. The lowest BCUT2D eigenvalue weighted by Crippen LogP contribution is -3.10. The highest BCUT2D eigenvalue weighted by Gasteiger charge is 2.17. The van der Waals surface area contributed by atoms with Crippen LogP contribution < -0.4 is 10.2 Å². The van der Waals surface area contributed by atoms with E-state index in [1.165, 1.54) is 32.5 Å². The van der Waals surface area contributed by atoms with Crippen LogP contribution in [0.3, 0.4) is 0 Å². The van der Waals surface area contributed by atoms with Crippen molar-refractivity contribution in [2.45, 2.75) is 32.7 Å². The monoisotopic (exact) mass is 392 g/mol. The van der Waals surface area contributed by atoms with Crippen LogP contribution in [0.15, 0.2) is 41.0 Å². The van der Waals surface area contributed by atoms with E-state index in [2.05, 4.69) is 10.2 Å². The summed E-state index contributed by atoms with van der Waals surface area (Å²) >= 11 is 11.9. The van der Waals surface area contributed by atoms with Gasteiger partial charge in [0.1, 0.15) is 5.76 Å². The number of rotatable bonds is 7. The fraction of sp³-hybridized carbons (Fsp3) is 0.450. The van der Waals surface area contributed by atoms with Gasteiger partial charge < -0.3 is 19.5 Å². The van der Waals surface area contributed by atoms with E-state index in [4.69, 9.17) is 28.2 Å². The minimum absolute atomic E-state index is 0.674. The van der Waals surface area contributed by atoms with Gasteiger partial charge in [-0.25, -0.2) is 0 Å². The predicted octanol–water partition coefficient (Wildman–Crippen LogP) is 3.51. The molecule has 1 aliphatic rings. The number of furan rings is 1. The molecule has 2 heterocycles. The standard InChI is InChI=1S/C20H26ClN3OS/c1-16-7-8-17(14-19(16)21)22-20(26)24(15-18-6-4-13-25-18)12-5-11-23-9-2-3-10-23/h4,6-8,13-14H,2-3,5,9-12,15H2,1H3,(H,22,26)/p+1. The third-order valence-electron chi connectivity index (χ3n) is 4.91. The van der Waals surface area contributed by atoms with E-state index >= 15 is 0 Å². The van der Waals surface area contributed by atoms with Gasteiger partial charge in [0.25, 0.3) is 0 Å². The number of aryl methyl sites for hydroxylation is 1. The van der Waals surface area contributed by atoms with Crippen LogP contribution >= 0.6 is 23.8 Å². The normalized spacial score (nSPS) is 14.5. The smallest absolute Gasteiger partial charge is 0.173 e. The van der Waals surface area contributed by atoms with Crippen LogP contribution in [-0.2, 0) is 6.54 Å². The van der Waals surface area contributed by atoms with Crippen molar-refractivity contribution in [2.24, 2.45) is 0 Å². The summed E-state index contributed by atoms with van der Waals surface area (Å²) in [5.74, 6) is 0.921. The third kappa shape index (κ3) is 5.47. The molecule has 2 N–H and O–H groups in total. The van der Waals surface area contributed by atoms with Gasteiger partial charge in [0.05, 0.1) is 32.4 Å². The molecule has 1 aromatic heterocycles. The molecule has 0 spiro atoms. The summed E-state index contributed by atoms with van der Waals surface area (Å²) in [7, 11) is 0. The second-order valence-corrected chi connectivity index (χ2v) is 7.75. The zero-order chi connectivity index (χ0) is 18.4. The molecular weight excluding hydrogens is 366 g/mol. The Kier molecular flexibility index (Phi) is 6.94. The maximum absolute atomic E-state index is 6.23. The number of nitrogens with one attached hydrogen (secondary N) is 2. The van der Waals surface area contributed by atoms with Crippen LogP contribution in [0.25, 0.3) is 0 Å². The van der Waals surface area contributed by atoms with Crippen molar-refractivity contribution in [3.8, 4) is 0 Å². The summed E-state index contributed by atoms with van der Waals surface area (Å²) < 4.78 is 5.52. The average molecular weight is 393 g/mol. The lowest BCUT2D eigenvalue weighted by Gasteiger charge is -2.25. The number of thiocarbonyl (C=S) groups is 1. The number of nitrogens with zero attached hydrogens (tertiary/aromatic N) is 1. The van der Waals surface area contributed by atoms with E-state index in [1.807, 2.05) is 37.3 Å². The Morgan fingerprint density at radius 1 is 1.31 bits per heavy atom. The molecule has 0 aliphatic carbocycles. The molecule has 2 aromatic rings. The Hall–Kier alpha value is -1.56. The molecule has 1 saturated heterocycles. The molecule has 6 heteroatoms. The Morgan fingerprint density at radius 3 is 2.81 bits per heavy atom. The van der Waals surface area contributed by atoms with Crippen molar-refractivity contribution in [1.29, 1.82) is 0 Å². The summed E-state index contributed by atoms with van der Waals surface area (Å²) in [6.45, 7) is 7.40. The Balaban J connectivity index is 1.60. The minimum Gasteiger partial charge on any atom is -0.467 e. The van der Waals surface area contributed by atoms with Crippen LogP contribution in [0.1, 0.15) is 30.6 Å². The van der Waals surface area contributed by atoms with Gasteiger partial charge in [0.2, 0.25) is 0 Å². The van der Waals surface area contributed by atoms with E-state index < -0.39 is 0 Å². The lowest BCUT2D eigenvalue weighted by molar-refractivity contribution is -0.887. The molecule has 3 rings (SSSR count). The van der Waals surface area contributed by atoms with Crippen molar-refractivity contribution >= 4 is 34.6 Å². The number of benzene rings is 1. The van der Waals surface area contributed by atoms with E-state index in [0.29, 0.717) is 11.7 Å². The zero-order valence-corrected chi connectivity index (χ0v) is 16.8. The highest BCUT2D eigenvalue weighted by molar-refractivity contribution is 7.80. The van der Waals surface area contributed by atoms with Crippen molar-refractivity contribution in [2.75, 3.05) is 31.5 Å². The number of halogens is 1. The average Bonchev–Trinajstić information content (AvgIpc) is 3.31. The van der Waals surface area contributed by atoms with E-state index in [9.17, 15) is 0 Å². The maximum Gasteiger partial charge on any atom is 0.173 e. The first kappa shape index (κ1) is 19.2. The molecule has 4 nitrogen and oxygen atoms in total. The molecule has 0 atom stereocenters. The molecule has 1 aliphatic heterocycles. The summed E-state index contributed by atoms with van der Waals surface area (Å²) in [5.41, 5.74) is 1.98. The van der Waals surface area contributed by atoms with E-state index in [0.717, 1.165) is 35.0 Å². The minimum atomic E-state index is 0.674. The molecule has 0 radical (unpaired) electrons. The molecule has 0 unspecified atom stereocenters. The molecular formula is C20H27ClN3OS+. The number of likely N-dealkylation sites (tertiary alicyclic amines) is 1. The van der Waals surface area contributed by atoms with Gasteiger partial charge in [0, 0.05) is 36.5 Å². The van der Waals surface area contributed by atoms with Gasteiger partial charge in [-0.05, 0) is 49.0 Å². The SMILES string of the molecule is Cc1ccc(NC(=S)N(CCC[NH+]2CCCC2)Cc2ccco2)cc1Cl. The first-order valence-electron chi connectivity index (χ1n) is 9.30. The van der Waals surface area contributed by atoms with Crippen molar-refractivity contribution in [3.63, 3.8) is 0 Å². The second-order valence-electron chi connectivity index (χ2n) is 6.96. The van der Waals surface area contributed by atoms with Gasteiger partial charge >= 0.3 is 0 Å². The number of anilines is 1. The number of hydrogen-bond acceptors (Lipinski definition) is 2. The molecule has 0 saturated carbocycles. The molecule has 1 aromatic carbocycles. The number of quaternary nitrogens is 1. The van der Waals surface area contributed by atoms with Gasteiger partial charge in [-0.3, -0.25) is 0 Å². The summed E-state index contributed by atoms with van der Waals surface area (Å²) in [6, 6.07) is 9.83. The van der Waals surface area contributed by atoms with Gasteiger partial charge in [0.15, 0.2) is 5.11 Å². The van der Waals surface area contributed by atoms with Gasteiger partial charge in [-0.2, -0.15) is 0 Å². The zero-order valence-electron chi connectivity index (χ0n) is 15.3. The predicted molar refractivity (Wildman–Crippen MR) is 111 cm³/mol. The highest BCUT2D eigenvalue weighted by Crippen LogP contribution is 2.20. The summed E-state index contributed by atoms with van der Waals surface area (Å²) in [5, 5.41) is 4.78. The Bertz CT molecular complexity index is 714. The molecule has 0 amide bonds. The Labute approximate surface area is 166 Å². The van der Waals surface area contributed by atoms with E-state index in [-0.39, 0.29) is 0 Å². The van der Waals surface area contributed by atoms with Crippen LogP contribution in [0.2, 0.25) is 5.02 Å². The fourth-order valence-corrected chi connectivity index (χ4v) is 3.82. The maximum atomic E-state index is 6.23. The first-order valence-corrected chi connectivity index (χ1v) is 10.1. The highest BCUT2D eigenvalue weighted by atomic mass is 35.5. The molecule has 26 heavy (non-hydrogen) atoms. The fourth-order valence-electron chi connectivity index (χ4n) is 3.36. The van der Waals surface area contributed by atoms with Crippen LogP contribution in [0, 0.1) is 6.92 Å². The molecule has 0 bridgehead atoms. The quantitative estimate of drug-likeness (QED) is 0.706. The largest absolute Gasteiger partial charge is 0.467 e.